The number of aliphatic hydroxyl groups is 1. The summed E-state index contributed by atoms with van der Waals surface area (Å²) in [6.07, 6.45) is 31.0. The molecular weight excluding hydrogens is 1080 g/mol. The summed E-state index contributed by atoms with van der Waals surface area (Å²) in [7, 11) is -9.88. The van der Waals surface area contributed by atoms with Gasteiger partial charge < -0.3 is 33.8 Å². The van der Waals surface area contributed by atoms with Gasteiger partial charge in [0.25, 0.3) is 0 Å². The van der Waals surface area contributed by atoms with Crippen LogP contribution in [0.4, 0.5) is 0 Å². The topological polar surface area (TPSA) is 237 Å². The number of ether oxygens (including phenoxy) is 4. The normalized spacial score (nSPS) is 14.8. The Morgan fingerprint density at radius 1 is 0.346 bits per heavy atom. The standard InChI is InChI=1S/C62H120O17P2/c1-9-55(8)41-33-25-20-21-27-35-43-60(65)73-49-58(79-62(67)45-37-29-19-13-16-24-32-40-54(6)7)51-77-81(70,71)75-47-56(63)46-74-80(68,69)76-50-57(48-72-59(64)42-34-26-18-12-15-23-31-39-53(4)5)78-61(66)44-36-28-17-11-10-14-22-30-38-52(2)3/h52-58,63H,9-51H2,1-8H3,(H,68,69)(H,70,71)/t55?,56-,57-,58-/m1/s1. The van der Waals surface area contributed by atoms with Crippen LogP contribution >= 0.6 is 15.6 Å². The van der Waals surface area contributed by atoms with Gasteiger partial charge in [-0.1, -0.05) is 242 Å². The molecule has 0 radical (unpaired) electrons. The Morgan fingerprint density at radius 3 is 0.877 bits per heavy atom. The van der Waals surface area contributed by atoms with Crippen molar-refractivity contribution in [1.29, 1.82) is 0 Å². The lowest BCUT2D eigenvalue weighted by atomic mass is 10.00. The van der Waals surface area contributed by atoms with Crippen LogP contribution < -0.4 is 0 Å². The lowest BCUT2D eigenvalue weighted by Crippen LogP contribution is -2.30. The highest BCUT2D eigenvalue weighted by Gasteiger charge is 2.30. The van der Waals surface area contributed by atoms with Crippen molar-refractivity contribution in [3.63, 3.8) is 0 Å². The number of carbonyl (C=O) groups is 4. The molecule has 19 heteroatoms. The highest BCUT2D eigenvalue weighted by Crippen LogP contribution is 2.45. The highest BCUT2D eigenvalue weighted by molar-refractivity contribution is 7.47. The Labute approximate surface area is 492 Å². The van der Waals surface area contributed by atoms with Gasteiger partial charge in [0.1, 0.15) is 19.3 Å². The number of phosphoric ester groups is 2. The van der Waals surface area contributed by atoms with E-state index in [9.17, 15) is 43.2 Å². The molecule has 0 aliphatic heterocycles. The van der Waals surface area contributed by atoms with E-state index in [1.165, 1.54) is 83.5 Å². The Bertz CT molecular complexity index is 1630. The van der Waals surface area contributed by atoms with Crippen molar-refractivity contribution >= 4 is 39.5 Å². The molecule has 0 rings (SSSR count). The van der Waals surface area contributed by atoms with E-state index in [1.54, 1.807) is 0 Å². The molecule has 0 spiro atoms. The number of esters is 4. The van der Waals surface area contributed by atoms with Crippen molar-refractivity contribution in [2.45, 2.75) is 311 Å². The molecule has 0 aliphatic rings. The first kappa shape index (κ1) is 79.1. The largest absolute Gasteiger partial charge is 0.472 e. The first-order chi connectivity index (χ1) is 38.6. The SMILES string of the molecule is CCC(C)CCCCCCCCC(=O)OC[C@H](COP(=O)(O)OC[C@H](O)COP(=O)(O)OC[C@@H](COC(=O)CCCCCCCCCC(C)C)OC(=O)CCCCCCCCCCC(C)C)OC(=O)CCCCCCCCCC(C)C. The second-order valence-corrected chi connectivity index (χ2v) is 27.0. The molecule has 17 nitrogen and oxygen atoms in total. The summed E-state index contributed by atoms with van der Waals surface area (Å²) in [5.41, 5.74) is 0. The summed E-state index contributed by atoms with van der Waals surface area (Å²) in [6, 6.07) is 0. The smallest absolute Gasteiger partial charge is 0.462 e. The second kappa shape index (κ2) is 52.4. The zero-order chi connectivity index (χ0) is 60.4. The maximum Gasteiger partial charge on any atom is 0.472 e. The number of carbonyl (C=O) groups excluding carboxylic acids is 4. The summed E-state index contributed by atoms with van der Waals surface area (Å²) in [6.45, 7) is 13.9. The number of aliphatic hydroxyl groups excluding tert-OH is 1. The fourth-order valence-corrected chi connectivity index (χ4v) is 10.6. The summed E-state index contributed by atoms with van der Waals surface area (Å²) in [4.78, 5) is 72.1. The van der Waals surface area contributed by atoms with Gasteiger partial charge in [-0.05, 0) is 49.4 Å². The molecule has 0 aromatic carbocycles. The van der Waals surface area contributed by atoms with Gasteiger partial charge in [-0.2, -0.15) is 0 Å². The van der Waals surface area contributed by atoms with E-state index in [-0.39, 0.29) is 25.7 Å². The molecule has 0 amide bonds. The quantitative estimate of drug-likeness (QED) is 0.0222. The Kier molecular flexibility index (Phi) is 51.1. The third-order valence-electron chi connectivity index (χ3n) is 14.4. The van der Waals surface area contributed by atoms with Crippen LogP contribution in [0.5, 0.6) is 0 Å². The summed E-state index contributed by atoms with van der Waals surface area (Å²) in [5, 5.41) is 10.5. The zero-order valence-electron chi connectivity index (χ0n) is 52.4. The Hall–Kier alpha value is -1.94. The lowest BCUT2D eigenvalue weighted by Gasteiger charge is -2.21. The molecule has 0 bridgehead atoms. The number of hydrogen-bond acceptors (Lipinski definition) is 15. The average Bonchev–Trinajstić information content (AvgIpc) is 3.41. The minimum atomic E-state index is -4.94. The number of phosphoric acid groups is 2. The number of rotatable bonds is 59. The zero-order valence-corrected chi connectivity index (χ0v) is 54.2. The van der Waals surface area contributed by atoms with Crippen molar-refractivity contribution in [2.75, 3.05) is 39.6 Å². The maximum absolute atomic E-state index is 12.9. The summed E-state index contributed by atoms with van der Waals surface area (Å²) >= 11 is 0. The van der Waals surface area contributed by atoms with Crippen LogP contribution in [0.25, 0.3) is 0 Å². The Morgan fingerprint density at radius 2 is 0.593 bits per heavy atom. The van der Waals surface area contributed by atoms with Crippen LogP contribution in [0.3, 0.4) is 0 Å². The summed E-state index contributed by atoms with van der Waals surface area (Å²) in [5.74, 6) is 0.704. The molecule has 0 aromatic rings. The van der Waals surface area contributed by atoms with Crippen LogP contribution in [0, 0.1) is 23.7 Å². The van der Waals surface area contributed by atoms with Gasteiger partial charge in [-0.3, -0.25) is 37.3 Å². The molecule has 81 heavy (non-hydrogen) atoms. The van der Waals surface area contributed by atoms with Crippen LogP contribution in [0.15, 0.2) is 0 Å². The number of hydrogen-bond donors (Lipinski definition) is 3. The molecule has 0 aliphatic carbocycles. The van der Waals surface area contributed by atoms with E-state index in [0.717, 1.165) is 115 Å². The van der Waals surface area contributed by atoms with Crippen LogP contribution in [-0.2, 0) is 65.4 Å². The van der Waals surface area contributed by atoms with E-state index in [2.05, 4.69) is 55.4 Å². The number of unbranched alkanes of at least 4 members (excludes halogenated alkanes) is 24. The molecule has 6 atom stereocenters. The predicted octanol–water partition coefficient (Wildman–Crippen LogP) is 16.6. The van der Waals surface area contributed by atoms with Crippen LogP contribution in [-0.4, -0.2) is 96.7 Å². The molecule has 480 valence electrons. The fourth-order valence-electron chi connectivity index (χ4n) is 9.04. The van der Waals surface area contributed by atoms with Crippen molar-refractivity contribution < 1.29 is 80.2 Å². The highest BCUT2D eigenvalue weighted by atomic mass is 31.2. The third-order valence-corrected chi connectivity index (χ3v) is 16.3. The van der Waals surface area contributed by atoms with Gasteiger partial charge in [-0.15, -0.1) is 0 Å². The molecule has 3 unspecified atom stereocenters. The van der Waals surface area contributed by atoms with Crippen LogP contribution in [0.1, 0.15) is 293 Å². The van der Waals surface area contributed by atoms with E-state index >= 15 is 0 Å². The van der Waals surface area contributed by atoms with Crippen molar-refractivity contribution in [3.8, 4) is 0 Å². The molecule has 0 aromatic heterocycles. The van der Waals surface area contributed by atoms with Gasteiger partial charge >= 0.3 is 39.5 Å². The predicted molar refractivity (Wildman–Crippen MR) is 321 cm³/mol. The molecule has 0 saturated heterocycles. The third kappa shape index (κ3) is 55.7. The van der Waals surface area contributed by atoms with Gasteiger partial charge in [0.05, 0.1) is 26.4 Å². The minimum absolute atomic E-state index is 0.102. The monoisotopic (exact) mass is 1200 g/mol. The van der Waals surface area contributed by atoms with Gasteiger partial charge in [0.15, 0.2) is 12.2 Å². The molecule has 3 N–H and O–H groups in total. The van der Waals surface area contributed by atoms with Gasteiger partial charge in [0, 0.05) is 25.7 Å². The molecule has 0 heterocycles. The Balaban J connectivity index is 5.26. The van der Waals surface area contributed by atoms with Gasteiger partial charge in [0.2, 0.25) is 0 Å². The molecule has 0 saturated carbocycles. The van der Waals surface area contributed by atoms with E-state index < -0.39 is 97.5 Å². The van der Waals surface area contributed by atoms with Crippen LogP contribution in [0.2, 0.25) is 0 Å². The van der Waals surface area contributed by atoms with E-state index in [4.69, 9.17) is 37.0 Å². The average molecular weight is 1200 g/mol. The minimum Gasteiger partial charge on any atom is -0.462 e. The second-order valence-electron chi connectivity index (χ2n) is 24.1. The van der Waals surface area contributed by atoms with Crippen molar-refractivity contribution in [2.24, 2.45) is 23.7 Å². The van der Waals surface area contributed by atoms with Crippen molar-refractivity contribution in [3.05, 3.63) is 0 Å². The van der Waals surface area contributed by atoms with Gasteiger partial charge in [-0.25, -0.2) is 9.13 Å². The van der Waals surface area contributed by atoms with E-state index in [0.29, 0.717) is 37.5 Å². The first-order valence-electron chi connectivity index (χ1n) is 32.2. The lowest BCUT2D eigenvalue weighted by molar-refractivity contribution is -0.161. The fraction of sp³-hybridized carbons (Fsp3) is 0.935. The maximum atomic E-state index is 12.9. The van der Waals surface area contributed by atoms with E-state index in [1.807, 2.05) is 0 Å². The molecule has 0 fully saturated rings. The molecular formula is C62H120O17P2. The summed E-state index contributed by atoms with van der Waals surface area (Å²) < 4.78 is 67.9. The first-order valence-corrected chi connectivity index (χ1v) is 35.2. The van der Waals surface area contributed by atoms with Crippen molar-refractivity contribution in [1.82, 2.24) is 0 Å².